The highest BCUT2D eigenvalue weighted by Gasteiger charge is 2.20. The van der Waals surface area contributed by atoms with Crippen LogP contribution in [0.3, 0.4) is 0 Å². The fourth-order valence-corrected chi connectivity index (χ4v) is 2.76. The molecule has 2 rings (SSSR count). The summed E-state index contributed by atoms with van der Waals surface area (Å²) in [6, 6.07) is 1.97. The standard InChI is InChI=1S/C15H27N3O2/c1-12-4-3-5-15(8-12)20-11-14(19)10-16-9-13-6-7-18(2)17-13/h6-7,12,14-16,19H,3-5,8-11H2,1-2H3. The second-order valence-electron chi connectivity index (χ2n) is 5.99. The molecule has 0 spiro atoms. The molecule has 20 heavy (non-hydrogen) atoms. The third-order valence-corrected chi connectivity index (χ3v) is 3.87. The van der Waals surface area contributed by atoms with E-state index in [9.17, 15) is 5.11 Å². The van der Waals surface area contributed by atoms with Crippen molar-refractivity contribution in [1.82, 2.24) is 15.1 Å². The molecule has 1 heterocycles. The topological polar surface area (TPSA) is 59.3 Å². The second kappa shape index (κ2) is 7.76. The third kappa shape index (κ3) is 5.23. The van der Waals surface area contributed by atoms with Crippen LogP contribution in [0.2, 0.25) is 0 Å². The monoisotopic (exact) mass is 281 g/mol. The Morgan fingerprint density at radius 1 is 1.55 bits per heavy atom. The molecule has 1 aromatic rings. The Balaban J connectivity index is 1.57. The largest absolute Gasteiger partial charge is 0.389 e. The van der Waals surface area contributed by atoms with Crippen LogP contribution in [0, 0.1) is 5.92 Å². The Hall–Kier alpha value is -0.910. The van der Waals surface area contributed by atoms with E-state index in [2.05, 4.69) is 17.3 Å². The minimum absolute atomic E-state index is 0.337. The quantitative estimate of drug-likeness (QED) is 0.794. The maximum Gasteiger partial charge on any atom is 0.0897 e. The van der Waals surface area contributed by atoms with Gasteiger partial charge in [-0.25, -0.2) is 0 Å². The van der Waals surface area contributed by atoms with E-state index < -0.39 is 6.10 Å². The molecule has 3 atom stereocenters. The van der Waals surface area contributed by atoms with Gasteiger partial charge in [0.2, 0.25) is 0 Å². The molecule has 0 aliphatic heterocycles. The molecule has 1 aliphatic rings. The van der Waals surface area contributed by atoms with Crippen LogP contribution in [0.25, 0.3) is 0 Å². The van der Waals surface area contributed by atoms with E-state index in [0.717, 1.165) is 24.5 Å². The van der Waals surface area contributed by atoms with E-state index in [4.69, 9.17) is 4.74 Å². The Morgan fingerprint density at radius 3 is 3.10 bits per heavy atom. The minimum Gasteiger partial charge on any atom is -0.389 e. The van der Waals surface area contributed by atoms with Crippen LogP contribution in [0.15, 0.2) is 12.3 Å². The third-order valence-electron chi connectivity index (χ3n) is 3.87. The zero-order valence-corrected chi connectivity index (χ0v) is 12.6. The highest BCUT2D eigenvalue weighted by atomic mass is 16.5. The molecule has 1 aromatic heterocycles. The maximum absolute atomic E-state index is 9.92. The van der Waals surface area contributed by atoms with Crippen LogP contribution in [0.5, 0.6) is 0 Å². The van der Waals surface area contributed by atoms with Crippen molar-refractivity contribution in [3.63, 3.8) is 0 Å². The summed E-state index contributed by atoms with van der Waals surface area (Å²) in [6.45, 7) is 3.92. The first-order valence-corrected chi connectivity index (χ1v) is 7.62. The molecule has 1 fully saturated rings. The van der Waals surface area contributed by atoms with E-state index in [1.807, 2.05) is 19.3 Å². The lowest BCUT2D eigenvalue weighted by atomic mass is 9.89. The number of aryl methyl sites for hydroxylation is 1. The van der Waals surface area contributed by atoms with Gasteiger partial charge in [-0.05, 0) is 24.8 Å². The molecule has 0 amide bonds. The minimum atomic E-state index is -0.448. The molecule has 5 nitrogen and oxygen atoms in total. The number of aliphatic hydroxyl groups is 1. The van der Waals surface area contributed by atoms with Crippen LogP contribution in [-0.4, -0.2) is 40.2 Å². The summed E-state index contributed by atoms with van der Waals surface area (Å²) in [5, 5.41) is 17.4. The molecule has 114 valence electrons. The van der Waals surface area contributed by atoms with Gasteiger partial charge in [-0.15, -0.1) is 0 Å². The van der Waals surface area contributed by atoms with Gasteiger partial charge in [0.05, 0.1) is 24.5 Å². The van der Waals surface area contributed by atoms with Gasteiger partial charge in [0.1, 0.15) is 0 Å². The normalized spacial score (nSPS) is 24.8. The van der Waals surface area contributed by atoms with Crippen molar-refractivity contribution >= 4 is 0 Å². The number of hydrogen-bond acceptors (Lipinski definition) is 4. The summed E-state index contributed by atoms with van der Waals surface area (Å²) < 4.78 is 7.59. The first-order valence-electron chi connectivity index (χ1n) is 7.62. The molecule has 2 N–H and O–H groups in total. The van der Waals surface area contributed by atoms with Crippen molar-refractivity contribution in [2.24, 2.45) is 13.0 Å². The lowest BCUT2D eigenvalue weighted by Crippen LogP contribution is -2.33. The van der Waals surface area contributed by atoms with Crippen LogP contribution >= 0.6 is 0 Å². The zero-order chi connectivity index (χ0) is 14.4. The molecule has 0 bridgehead atoms. The summed E-state index contributed by atoms with van der Waals surface area (Å²) >= 11 is 0. The van der Waals surface area contributed by atoms with Gasteiger partial charge in [-0.1, -0.05) is 19.8 Å². The van der Waals surface area contributed by atoms with Crippen molar-refractivity contribution in [2.45, 2.75) is 51.4 Å². The SMILES string of the molecule is CC1CCCC(OCC(O)CNCc2ccn(C)n2)C1. The van der Waals surface area contributed by atoms with Crippen molar-refractivity contribution in [3.8, 4) is 0 Å². The number of aliphatic hydroxyl groups excluding tert-OH is 1. The van der Waals surface area contributed by atoms with Gasteiger partial charge in [0.15, 0.2) is 0 Å². The van der Waals surface area contributed by atoms with E-state index in [1.54, 1.807) is 4.68 Å². The molecular formula is C15H27N3O2. The number of rotatable bonds is 7. The fraction of sp³-hybridized carbons (Fsp3) is 0.800. The lowest BCUT2D eigenvalue weighted by molar-refractivity contribution is -0.0306. The van der Waals surface area contributed by atoms with Gasteiger partial charge in [0, 0.05) is 26.3 Å². The van der Waals surface area contributed by atoms with Gasteiger partial charge < -0.3 is 15.2 Å². The Morgan fingerprint density at radius 2 is 2.40 bits per heavy atom. The van der Waals surface area contributed by atoms with Gasteiger partial charge >= 0.3 is 0 Å². The van der Waals surface area contributed by atoms with E-state index in [-0.39, 0.29) is 0 Å². The first kappa shape index (κ1) is 15.5. The lowest BCUT2D eigenvalue weighted by Gasteiger charge is -2.27. The predicted molar refractivity (Wildman–Crippen MR) is 78.3 cm³/mol. The summed E-state index contributed by atoms with van der Waals surface area (Å²) in [7, 11) is 1.90. The Labute approximate surface area is 121 Å². The van der Waals surface area contributed by atoms with Crippen molar-refractivity contribution < 1.29 is 9.84 Å². The van der Waals surface area contributed by atoms with Crippen molar-refractivity contribution in [3.05, 3.63) is 18.0 Å². The average molecular weight is 281 g/mol. The number of aromatic nitrogens is 2. The second-order valence-corrected chi connectivity index (χ2v) is 5.99. The van der Waals surface area contributed by atoms with Crippen LogP contribution < -0.4 is 5.32 Å². The predicted octanol–water partition coefficient (Wildman–Crippen LogP) is 1.47. The van der Waals surface area contributed by atoms with Crippen molar-refractivity contribution in [1.29, 1.82) is 0 Å². The summed E-state index contributed by atoms with van der Waals surface area (Å²) in [6.07, 6.45) is 6.64. The summed E-state index contributed by atoms with van der Waals surface area (Å²) in [4.78, 5) is 0. The molecule has 1 aliphatic carbocycles. The highest BCUT2D eigenvalue weighted by Crippen LogP contribution is 2.25. The van der Waals surface area contributed by atoms with Crippen LogP contribution in [-0.2, 0) is 18.3 Å². The van der Waals surface area contributed by atoms with Crippen molar-refractivity contribution in [2.75, 3.05) is 13.2 Å². The molecule has 3 unspecified atom stereocenters. The van der Waals surface area contributed by atoms with Gasteiger partial charge in [0.25, 0.3) is 0 Å². The number of nitrogens with one attached hydrogen (secondary N) is 1. The smallest absolute Gasteiger partial charge is 0.0897 e. The number of nitrogens with zero attached hydrogens (tertiary/aromatic N) is 2. The first-order chi connectivity index (χ1) is 9.63. The summed E-state index contributed by atoms with van der Waals surface area (Å²) in [5.41, 5.74) is 0.988. The molecule has 0 radical (unpaired) electrons. The molecule has 5 heteroatoms. The Kier molecular flexibility index (Phi) is 6.01. The zero-order valence-electron chi connectivity index (χ0n) is 12.6. The van der Waals surface area contributed by atoms with E-state index >= 15 is 0 Å². The molecule has 1 saturated carbocycles. The van der Waals surface area contributed by atoms with Gasteiger partial charge in [-0.2, -0.15) is 5.10 Å². The maximum atomic E-state index is 9.92. The number of ether oxygens (including phenoxy) is 1. The molecule has 0 aromatic carbocycles. The average Bonchev–Trinajstić information content (AvgIpc) is 2.82. The van der Waals surface area contributed by atoms with Crippen LogP contribution in [0.1, 0.15) is 38.3 Å². The number of hydrogen-bond donors (Lipinski definition) is 2. The Bertz CT molecular complexity index is 394. The van der Waals surface area contributed by atoms with E-state index in [0.29, 0.717) is 25.8 Å². The fourth-order valence-electron chi connectivity index (χ4n) is 2.76. The molecule has 0 saturated heterocycles. The van der Waals surface area contributed by atoms with Gasteiger partial charge in [-0.3, -0.25) is 4.68 Å². The van der Waals surface area contributed by atoms with Crippen LogP contribution in [0.4, 0.5) is 0 Å². The van der Waals surface area contributed by atoms with E-state index in [1.165, 1.54) is 12.8 Å². The summed E-state index contributed by atoms with van der Waals surface area (Å²) in [5.74, 6) is 0.758. The molecular weight excluding hydrogens is 254 g/mol. The highest BCUT2D eigenvalue weighted by molar-refractivity contribution is 4.97.